The van der Waals surface area contributed by atoms with Gasteiger partial charge in [-0.3, -0.25) is 19.4 Å². The number of hydrogen-bond donors (Lipinski definition) is 1. The summed E-state index contributed by atoms with van der Waals surface area (Å²) in [7, 11) is 0. The van der Waals surface area contributed by atoms with Crippen molar-refractivity contribution in [3.05, 3.63) is 101 Å². The highest BCUT2D eigenvalue weighted by Gasteiger charge is 2.32. The number of anilines is 1. The Balaban J connectivity index is 0.00000200. The molecule has 1 aliphatic carbocycles. The highest BCUT2D eigenvalue weighted by molar-refractivity contribution is 5.98. The van der Waals surface area contributed by atoms with E-state index in [1.54, 1.807) is 18.5 Å². The molecule has 0 radical (unpaired) electrons. The number of hydrogen-bond acceptors (Lipinski definition) is 5. The number of amides is 1. The van der Waals surface area contributed by atoms with E-state index in [0.717, 1.165) is 52.9 Å². The van der Waals surface area contributed by atoms with Crippen molar-refractivity contribution >= 4 is 36.4 Å². The minimum atomic E-state index is -0.309. The average molecular weight is 555 g/mol. The molecule has 9 heteroatoms. The molecule has 3 aromatic heterocycles. The zero-order valence-electron chi connectivity index (χ0n) is 21.5. The SMILES string of the molecule is CC(C)c1ccc(N(Cc2cnn(Cc3cccnc3)c2)C(=O)C2CCCc3c(O)cccc32)cn1.Cl.Cl. The number of halogens is 2. The maximum Gasteiger partial charge on any atom is 0.234 e. The maximum absolute atomic E-state index is 14.1. The molecule has 0 spiro atoms. The lowest BCUT2D eigenvalue weighted by Gasteiger charge is -2.31. The number of nitrogens with zero attached hydrogens (tertiary/aromatic N) is 5. The van der Waals surface area contributed by atoms with Gasteiger partial charge < -0.3 is 10.0 Å². The third-order valence-corrected chi connectivity index (χ3v) is 6.82. The molecule has 0 aliphatic heterocycles. The summed E-state index contributed by atoms with van der Waals surface area (Å²) in [6, 6.07) is 13.4. The fraction of sp³-hybridized carbons (Fsp3) is 0.310. The molecule has 1 unspecified atom stereocenters. The number of carbonyl (C=O) groups is 1. The first-order valence-corrected chi connectivity index (χ1v) is 12.5. The number of aromatic hydroxyl groups is 1. The average Bonchev–Trinajstić information content (AvgIpc) is 3.34. The predicted molar refractivity (Wildman–Crippen MR) is 153 cm³/mol. The zero-order chi connectivity index (χ0) is 25.1. The van der Waals surface area contributed by atoms with Gasteiger partial charge in [-0.1, -0.05) is 32.0 Å². The molecule has 0 saturated heterocycles. The molecule has 0 fully saturated rings. The Kier molecular flexibility index (Phi) is 9.89. The van der Waals surface area contributed by atoms with Crippen molar-refractivity contribution in [3.8, 4) is 5.75 Å². The second-order valence-corrected chi connectivity index (χ2v) is 9.72. The number of benzene rings is 1. The molecule has 1 atom stereocenters. The van der Waals surface area contributed by atoms with Gasteiger partial charge in [0.15, 0.2) is 0 Å². The van der Waals surface area contributed by atoms with Gasteiger partial charge in [-0.15, -0.1) is 24.8 Å². The minimum Gasteiger partial charge on any atom is -0.508 e. The second kappa shape index (κ2) is 12.9. The van der Waals surface area contributed by atoms with Crippen LogP contribution in [0.25, 0.3) is 0 Å². The lowest BCUT2D eigenvalue weighted by Crippen LogP contribution is -2.36. The molecular weight excluding hydrogens is 521 g/mol. The lowest BCUT2D eigenvalue weighted by molar-refractivity contribution is -0.120. The monoisotopic (exact) mass is 553 g/mol. The van der Waals surface area contributed by atoms with Crippen LogP contribution in [0.15, 0.2) is 73.4 Å². The van der Waals surface area contributed by atoms with E-state index in [2.05, 4.69) is 28.9 Å². The number of phenolic OH excluding ortho intramolecular Hbond substituents is 1. The van der Waals surface area contributed by atoms with E-state index >= 15 is 0 Å². The Morgan fingerprint density at radius 1 is 1.08 bits per heavy atom. The lowest BCUT2D eigenvalue weighted by atomic mass is 9.81. The highest BCUT2D eigenvalue weighted by atomic mass is 35.5. The van der Waals surface area contributed by atoms with Crippen LogP contribution in [-0.2, 0) is 24.3 Å². The summed E-state index contributed by atoms with van der Waals surface area (Å²) in [5.74, 6) is 0.287. The van der Waals surface area contributed by atoms with Crippen molar-refractivity contribution < 1.29 is 9.90 Å². The Labute approximate surface area is 235 Å². The fourth-order valence-electron chi connectivity index (χ4n) is 4.90. The summed E-state index contributed by atoms with van der Waals surface area (Å²) >= 11 is 0. The third kappa shape index (κ3) is 6.34. The molecule has 200 valence electrons. The topological polar surface area (TPSA) is 84.1 Å². The molecule has 1 N–H and O–H groups in total. The van der Waals surface area contributed by atoms with Crippen LogP contribution >= 0.6 is 24.8 Å². The smallest absolute Gasteiger partial charge is 0.234 e. The van der Waals surface area contributed by atoms with Crippen LogP contribution in [0, 0.1) is 0 Å². The van der Waals surface area contributed by atoms with Crippen LogP contribution in [-0.4, -0.2) is 30.8 Å². The largest absolute Gasteiger partial charge is 0.508 e. The molecule has 1 aliphatic rings. The summed E-state index contributed by atoms with van der Waals surface area (Å²) in [6.07, 6.45) is 11.6. The number of fused-ring (bicyclic) bond motifs is 1. The van der Waals surface area contributed by atoms with E-state index in [1.807, 2.05) is 64.6 Å². The van der Waals surface area contributed by atoms with E-state index < -0.39 is 0 Å². The van der Waals surface area contributed by atoms with Gasteiger partial charge >= 0.3 is 0 Å². The van der Waals surface area contributed by atoms with Crippen molar-refractivity contribution in [2.24, 2.45) is 0 Å². The molecule has 3 heterocycles. The van der Waals surface area contributed by atoms with Gasteiger partial charge in [-0.2, -0.15) is 5.10 Å². The van der Waals surface area contributed by atoms with Gasteiger partial charge in [-0.25, -0.2) is 0 Å². The minimum absolute atomic E-state index is 0. The molecule has 38 heavy (non-hydrogen) atoms. The number of phenols is 1. The summed E-state index contributed by atoms with van der Waals surface area (Å²) in [5, 5.41) is 14.9. The van der Waals surface area contributed by atoms with Crippen molar-refractivity contribution in [3.63, 3.8) is 0 Å². The molecular formula is C29H33Cl2N5O2. The van der Waals surface area contributed by atoms with E-state index in [0.29, 0.717) is 19.0 Å². The Morgan fingerprint density at radius 2 is 1.92 bits per heavy atom. The van der Waals surface area contributed by atoms with Gasteiger partial charge in [-0.05, 0) is 66.1 Å². The van der Waals surface area contributed by atoms with Gasteiger partial charge in [0.05, 0.1) is 37.1 Å². The maximum atomic E-state index is 14.1. The zero-order valence-corrected chi connectivity index (χ0v) is 23.2. The van der Waals surface area contributed by atoms with Crippen molar-refractivity contribution in [2.45, 2.75) is 58.0 Å². The van der Waals surface area contributed by atoms with Crippen LogP contribution in [0.2, 0.25) is 0 Å². The van der Waals surface area contributed by atoms with E-state index in [-0.39, 0.29) is 42.4 Å². The van der Waals surface area contributed by atoms with Crippen LogP contribution in [0.3, 0.4) is 0 Å². The number of aromatic nitrogens is 4. The van der Waals surface area contributed by atoms with Gasteiger partial charge in [0.2, 0.25) is 5.91 Å². The first kappa shape index (κ1) is 29.1. The van der Waals surface area contributed by atoms with Crippen LogP contribution in [0.1, 0.15) is 66.5 Å². The molecule has 1 amide bonds. The Morgan fingerprint density at radius 3 is 2.63 bits per heavy atom. The summed E-state index contributed by atoms with van der Waals surface area (Å²) < 4.78 is 1.86. The fourth-order valence-corrected chi connectivity index (χ4v) is 4.90. The van der Waals surface area contributed by atoms with Gasteiger partial charge in [0.25, 0.3) is 0 Å². The standard InChI is InChI=1S/C29H31N5O2.2ClH/c1-20(2)27-12-11-23(16-31-27)34(19-22-15-32-33(18-22)17-21-6-5-13-30-14-21)29(36)26-9-3-8-25-24(26)7-4-10-28(25)35;;/h4-7,10-16,18,20,26,35H,3,8-9,17,19H2,1-2H3;2*1H. The summed E-state index contributed by atoms with van der Waals surface area (Å²) in [5.41, 5.74) is 5.56. The Bertz CT molecular complexity index is 1340. The van der Waals surface area contributed by atoms with Gasteiger partial charge in [0, 0.05) is 29.8 Å². The van der Waals surface area contributed by atoms with Crippen molar-refractivity contribution in [1.29, 1.82) is 0 Å². The Hall–Kier alpha value is -3.42. The summed E-state index contributed by atoms with van der Waals surface area (Å²) in [6.45, 7) is 5.21. The molecule has 1 aromatic carbocycles. The summed E-state index contributed by atoms with van der Waals surface area (Å²) in [4.78, 5) is 24.7. The normalized spacial score (nSPS) is 14.2. The van der Waals surface area contributed by atoms with Crippen molar-refractivity contribution in [2.75, 3.05) is 4.90 Å². The van der Waals surface area contributed by atoms with E-state index in [4.69, 9.17) is 0 Å². The quantitative estimate of drug-likeness (QED) is 0.301. The first-order chi connectivity index (χ1) is 17.5. The highest BCUT2D eigenvalue weighted by Crippen LogP contribution is 2.38. The van der Waals surface area contributed by atoms with E-state index in [1.165, 1.54) is 0 Å². The second-order valence-electron chi connectivity index (χ2n) is 9.72. The molecule has 7 nitrogen and oxygen atoms in total. The molecule has 0 bridgehead atoms. The molecule has 5 rings (SSSR count). The molecule has 4 aromatic rings. The van der Waals surface area contributed by atoms with Crippen molar-refractivity contribution in [1.82, 2.24) is 19.7 Å². The third-order valence-electron chi connectivity index (χ3n) is 6.82. The number of carbonyl (C=O) groups excluding carboxylic acids is 1. The number of rotatable bonds is 7. The van der Waals surface area contributed by atoms with Gasteiger partial charge in [0.1, 0.15) is 5.75 Å². The van der Waals surface area contributed by atoms with E-state index in [9.17, 15) is 9.90 Å². The number of pyridine rings is 2. The predicted octanol–water partition coefficient (Wildman–Crippen LogP) is 6.05. The van der Waals surface area contributed by atoms with Crippen LogP contribution in [0.4, 0.5) is 5.69 Å². The first-order valence-electron chi connectivity index (χ1n) is 12.5. The van der Waals surface area contributed by atoms with Crippen LogP contribution < -0.4 is 4.90 Å². The molecule has 0 saturated carbocycles. The van der Waals surface area contributed by atoms with Crippen LogP contribution in [0.5, 0.6) is 5.75 Å².